The minimum Gasteiger partial charge on any atom is -0.462 e. The number of carbonyl (C=O) groups excluding carboxylic acids is 3. The van der Waals surface area contributed by atoms with Gasteiger partial charge >= 0.3 is 17.9 Å². The van der Waals surface area contributed by atoms with Crippen molar-refractivity contribution in [1.82, 2.24) is 0 Å². The second-order valence-electron chi connectivity index (χ2n) is 19.2. The highest BCUT2D eigenvalue weighted by Crippen LogP contribution is 2.17. The van der Waals surface area contributed by atoms with Crippen molar-refractivity contribution in [2.45, 2.75) is 322 Å². The van der Waals surface area contributed by atoms with Crippen molar-refractivity contribution in [3.8, 4) is 0 Å². The zero-order valence-electron chi connectivity index (χ0n) is 42.6. The lowest BCUT2D eigenvalue weighted by atomic mass is 10.0. The summed E-state index contributed by atoms with van der Waals surface area (Å²) in [6, 6.07) is 0. The quantitative estimate of drug-likeness (QED) is 0.0262. The summed E-state index contributed by atoms with van der Waals surface area (Å²) < 4.78 is 16.9. The van der Waals surface area contributed by atoms with Crippen molar-refractivity contribution in [2.24, 2.45) is 0 Å². The van der Waals surface area contributed by atoms with Gasteiger partial charge in [0, 0.05) is 19.3 Å². The van der Waals surface area contributed by atoms with E-state index in [0.29, 0.717) is 19.3 Å². The molecule has 0 bridgehead atoms. The normalized spacial score (nSPS) is 12.0. The smallest absolute Gasteiger partial charge is 0.306 e. The molecule has 0 aromatic heterocycles. The van der Waals surface area contributed by atoms with Gasteiger partial charge in [-0.2, -0.15) is 0 Å². The van der Waals surface area contributed by atoms with E-state index in [2.05, 4.69) is 32.9 Å². The number of rotatable bonds is 52. The third kappa shape index (κ3) is 51.0. The first-order valence-corrected chi connectivity index (χ1v) is 28.2. The van der Waals surface area contributed by atoms with E-state index >= 15 is 0 Å². The van der Waals surface area contributed by atoms with Crippen LogP contribution in [0.25, 0.3) is 0 Å². The van der Waals surface area contributed by atoms with Crippen molar-refractivity contribution in [1.29, 1.82) is 0 Å². The molecule has 1 atom stereocenters. The Balaban J connectivity index is 4.32. The second kappa shape index (κ2) is 52.8. The topological polar surface area (TPSA) is 78.9 Å². The van der Waals surface area contributed by atoms with Crippen LogP contribution < -0.4 is 0 Å². The molecular weight excluding hydrogens is 781 g/mol. The van der Waals surface area contributed by atoms with Gasteiger partial charge in [0.2, 0.25) is 0 Å². The number of esters is 3. The van der Waals surface area contributed by atoms with Crippen LogP contribution in [0.15, 0.2) is 12.2 Å². The van der Waals surface area contributed by atoms with E-state index in [1.807, 2.05) is 0 Å². The summed E-state index contributed by atoms with van der Waals surface area (Å²) in [5.74, 6) is -0.848. The molecule has 372 valence electrons. The summed E-state index contributed by atoms with van der Waals surface area (Å²) in [6.07, 6.45) is 59.1. The molecule has 6 nitrogen and oxygen atoms in total. The van der Waals surface area contributed by atoms with Crippen molar-refractivity contribution in [3.63, 3.8) is 0 Å². The Morgan fingerprint density at radius 2 is 0.524 bits per heavy atom. The molecule has 0 aliphatic heterocycles. The highest BCUT2D eigenvalue weighted by molar-refractivity contribution is 5.71. The summed E-state index contributed by atoms with van der Waals surface area (Å²) >= 11 is 0. The van der Waals surface area contributed by atoms with Crippen LogP contribution in [0.4, 0.5) is 0 Å². The molecule has 0 aliphatic rings. The van der Waals surface area contributed by atoms with E-state index < -0.39 is 6.10 Å². The first-order valence-electron chi connectivity index (χ1n) is 28.2. The molecule has 6 heteroatoms. The van der Waals surface area contributed by atoms with E-state index in [9.17, 15) is 14.4 Å². The molecule has 0 fully saturated rings. The Hall–Kier alpha value is -1.85. The summed E-state index contributed by atoms with van der Waals surface area (Å²) in [5.41, 5.74) is 0. The van der Waals surface area contributed by atoms with E-state index in [4.69, 9.17) is 14.2 Å². The van der Waals surface area contributed by atoms with Gasteiger partial charge in [-0.05, 0) is 44.9 Å². The minimum atomic E-state index is -0.766. The highest BCUT2D eigenvalue weighted by Gasteiger charge is 2.19. The fourth-order valence-corrected chi connectivity index (χ4v) is 8.50. The van der Waals surface area contributed by atoms with Crippen LogP contribution in [-0.4, -0.2) is 37.2 Å². The predicted octanol–water partition coefficient (Wildman–Crippen LogP) is 18.5. The van der Waals surface area contributed by atoms with Gasteiger partial charge in [0.1, 0.15) is 13.2 Å². The maximum Gasteiger partial charge on any atom is 0.306 e. The van der Waals surface area contributed by atoms with E-state index in [-0.39, 0.29) is 31.1 Å². The summed E-state index contributed by atoms with van der Waals surface area (Å²) in [7, 11) is 0. The third-order valence-electron chi connectivity index (χ3n) is 12.8. The van der Waals surface area contributed by atoms with Gasteiger partial charge in [0.05, 0.1) is 0 Å². The Bertz CT molecular complexity index is 978. The first-order chi connectivity index (χ1) is 31.0. The minimum absolute atomic E-state index is 0.0659. The van der Waals surface area contributed by atoms with Gasteiger partial charge in [-0.15, -0.1) is 0 Å². The number of unbranched alkanes of at least 4 members (excludes halogenated alkanes) is 39. The molecule has 0 aliphatic carbocycles. The number of carbonyl (C=O) groups is 3. The lowest BCUT2D eigenvalue weighted by molar-refractivity contribution is -0.167. The van der Waals surface area contributed by atoms with Crippen molar-refractivity contribution in [3.05, 3.63) is 12.2 Å². The molecule has 0 unspecified atom stereocenters. The van der Waals surface area contributed by atoms with E-state index in [0.717, 1.165) is 57.8 Å². The van der Waals surface area contributed by atoms with Crippen LogP contribution in [0.2, 0.25) is 0 Å². The predicted molar refractivity (Wildman–Crippen MR) is 270 cm³/mol. The van der Waals surface area contributed by atoms with Crippen LogP contribution in [0, 0.1) is 0 Å². The fraction of sp³-hybridized carbons (Fsp3) is 0.912. The second-order valence-corrected chi connectivity index (χ2v) is 19.2. The Labute approximate surface area is 392 Å². The summed E-state index contributed by atoms with van der Waals surface area (Å²) in [5, 5.41) is 0. The van der Waals surface area contributed by atoms with E-state index in [1.165, 1.54) is 218 Å². The Kier molecular flexibility index (Phi) is 51.2. The molecule has 0 spiro atoms. The Morgan fingerprint density at radius 3 is 0.794 bits per heavy atom. The standard InChI is InChI=1S/C57H108O6/c1-4-7-10-13-16-19-22-25-27-28-30-33-36-39-42-45-48-51-57(60)63-54(52-61-55(58)49-46-43-40-37-34-31-24-21-18-15-12-9-6-3)53-62-56(59)50-47-44-41-38-35-32-29-26-23-20-17-14-11-8-5-2/h25,27,54H,4-24,26,28-53H2,1-3H3/b27-25-/t54-/m0/s1. The maximum atomic E-state index is 12.8. The monoisotopic (exact) mass is 889 g/mol. The summed E-state index contributed by atoms with van der Waals surface area (Å²) in [6.45, 7) is 6.68. The number of ether oxygens (including phenoxy) is 3. The van der Waals surface area contributed by atoms with Crippen molar-refractivity contribution in [2.75, 3.05) is 13.2 Å². The van der Waals surface area contributed by atoms with Gasteiger partial charge in [-0.1, -0.05) is 264 Å². The number of allylic oxidation sites excluding steroid dienone is 2. The number of hydrogen-bond donors (Lipinski definition) is 0. The molecule has 0 saturated carbocycles. The number of hydrogen-bond acceptors (Lipinski definition) is 6. The molecule has 0 heterocycles. The molecule has 0 saturated heterocycles. The lowest BCUT2D eigenvalue weighted by Gasteiger charge is -2.18. The van der Waals surface area contributed by atoms with Crippen LogP contribution >= 0.6 is 0 Å². The van der Waals surface area contributed by atoms with Gasteiger partial charge in [0.25, 0.3) is 0 Å². The van der Waals surface area contributed by atoms with Crippen LogP contribution in [0.5, 0.6) is 0 Å². The third-order valence-corrected chi connectivity index (χ3v) is 12.8. The highest BCUT2D eigenvalue weighted by atomic mass is 16.6. The molecule has 0 radical (unpaired) electrons. The fourth-order valence-electron chi connectivity index (χ4n) is 8.50. The average Bonchev–Trinajstić information content (AvgIpc) is 3.28. The summed E-state index contributed by atoms with van der Waals surface area (Å²) in [4.78, 5) is 38.1. The largest absolute Gasteiger partial charge is 0.462 e. The molecule has 63 heavy (non-hydrogen) atoms. The maximum absolute atomic E-state index is 12.8. The van der Waals surface area contributed by atoms with Gasteiger partial charge in [0.15, 0.2) is 6.10 Å². The average molecular weight is 889 g/mol. The molecule has 0 aromatic carbocycles. The lowest BCUT2D eigenvalue weighted by Crippen LogP contribution is -2.30. The molecular formula is C57H108O6. The van der Waals surface area contributed by atoms with Gasteiger partial charge in [-0.3, -0.25) is 14.4 Å². The molecule has 0 aromatic rings. The van der Waals surface area contributed by atoms with Crippen molar-refractivity contribution >= 4 is 17.9 Å². The van der Waals surface area contributed by atoms with Crippen LogP contribution in [0.1, 0.15) is 316 Å². The van der Waals surface area contributed by atoms with Gasteiger partial charge in [-0.25, -0.2) is 0 Å². The Morgan fingerprint density at radius 1 is 0.302 bits per heavy atom. The molecule has 0 N–H and O–H groups in total. The van der Waals surface area contributed by atoms with E-state index in [1.54, 1.807) is 0 Å². The zero-order chi connectivity index (χ0) is 45.8. The zero-order valence-corrected chi connectivity index (χ0v) is 42.6. The SMILES string of the molecule is CCCCCCCC/C=C\CCCCCCCCCC(=O)O[C@@H](COC(=O)CCCCCCCCCCCCCCC)COC(=O)CCCCCCCCCCCCCCCCC. The molecule has 0 amide bonds. The molecule has 0 rings (SSSR count). The van der Waals surface area contributed by atoms with Crippen LogP contribution in [-0.2, 0) is 28.6 Å². The first kappa shape index (κ1) is 61.1. The van der Waals surface area contributed by atoms with Gasteiger partial charge < -0.3 is 14.2 Å². The van der Waals surface area contributed by atoms with Crippen LogP contribution in [0.3, 0.4) is 0 Å². The van der Waals surface area contributed by atoms with Crippen molar-refractivity contribution < 1.29 is 28.6 Å².